The van der Waals surface area contributed by atoms with Gasteiger partial charge >= 0.3 is 0 Å². The molecular formula is C17H26N2O. The zero-order chi connectivity index (χ0) is 13.9. The van der Waals surface area contributed by atoms with Gasteiger partial charge in [-0.05, 0) is 31.2 Å². The normalized spacial score (nSPS) is 22.0. The number of piperazine rings is 1. The molecule has 1 aromatic rings. The van der Waals surface area contributed by atoms with Crippen molar-refractivity contribution in [3.05, 3.63) is 29.8 Å². The van der Waals surface area contributed by atoms with Crippen LogP contribution in [0.1, 0.15) is 37.9 Å². The van der Waals surface area contributed by atoms with Crippen LogP contribution >= 0.6 is 0 Å². The van der Waals surface area contributed by atoms with E-state index >= 15 is 0 Å². The molecule has 3 heteroatoms. The highest BCUT2D eigenvalue weighted by Crippen LogP contribution is 2.31. The van der Waals surface area contributed by atoms with Crippen LogP contribution in [0.2, 0.25) is 0 Å². The van der Waals surface area contributed by atoms with Gasteiger partial charge in [0.25, 0.3) is 0 Å². The second kappa shape index (κ2) is 6.15. The molecule has 2 fully saturated rings. The molecule has 1 aromatic carbocycles. The van der Waals surface area contributed by atoms with Gasteiger partial charge in [-0.1, -0.05) is 25.1 Å². The third-order valence-corrected chi connectivity index (χ3v) is 4.61. The Morgan fingerprint density at radius 2 is 1.85 bits per heavy atom. The van der Waals surface area contributed by atoms with E-state index < -0.39 is 0 Å². The second-order valence-corrected chi connectivity index (χ2v) is 6.21. The smallest absolute Gasteiger partial charge is 0.0807 e. The number of nitrogens with zero attached hydrogens (tertiary/aromatic N) is 2. The lowest BCUT2D eigenvalue weighted by molar-refractivity contribution is 0.173. The molecule has 0 bridgehead atoms. The summed E-state index contributed by atoms with van der Waals surface area (Å²) in [5.41, 5.74) is 2.32. The van der Waals surface area contributed by atoms with Crippen molar-refractivity contribution in [2.45, 2.75) is 32.3 Å². The molecule has 0 amide bonds. The molecule has 20 heavy (non-hydrogen) atoms. The SMILES string of the molecule is CCC(O)c1ccccc1N1CCN(CC2CC2)CC1. The first-order valence-electron chi connectivity index (χ1n) is 8.02. The number of hydrogen-bond acceptors (Lipinski definition) is 3. The van der Waals surface area contributed by atoms with Crippen molar-refractivity contribution in [2.75, 3.05) is 37.6 Å². The summed E-state index contributed by atoms with van der Waals surface area (Å²) in [6.45, 7) is 7.82. The monoisotopic (exact) mass is 274 g/mol. The minimum atomic E-state index is -0.337. The topological polar surface area (TPSA) is 26.7 Å². The van der Waals surface area contributed by atoms with E-state index in [1.165, 1.54) is 25.1 Å². The molecular weight excluding hydrogens is 248 g/mol. The molecule has 0 aromatic heterocycles. The molecule has 1 heterocycles. The fourth-order valence-corrected chi connectivity index (χ4v) is 3.11. The first kappa shape index (κ1) is 13.9. The summed E-state index contributed by atoms with van der Waals surface area (Å²) in [5, 5.41) is 10.2. The molecule has 0 radical (unpaired) electrons. The Morgan fingerprint density at radius 3 is 2.50 bits per heavy atom. The molecule has 3 nitrogen and oxygen atoms in total. The van der Waals surface area contributed by atoms with Gasteiger partial charge in [0, 0.05) is 44.0 Å². The maximum atomic E-state index is 10.2. The van der Waals surface area contributed by atoms with Gasteiger partial charge in [-0.2, -0.15) is 0 Å². The van der Waals surface area contributed by atoms with Crippen molar-refractivity contribution in [3.8, 4) is 0 Å². The van der Waals surface area contributed by atoms with Crippen LogP contribution in [0.25, 0.3) is 0 Å². The summed E-state index contributed by atoms with van der Waals surface area (Å²) < 4.78 is 0. The van der Waals surface area contributed by atoms with E-state index in [0.29, 0.717) is 0 Å². The van der Waals surface area contributed by atoms with Gasteiger partial charge in [-0.3, -0.25) is 4.90 Å². The van der Waals surface area contributed by atoms with E-state index in [2.05, 4.69) is 28.0 Å². The van der Waals surface area contributed by atoms with E-state index in [9.17, 15) is 5.11 Å². The lowest BCUT2D eigenvalue weighted by Crippen LogP contribution is -2.47. The maximum Gasteiger partial charge on any atom is 0.0807 e. The van der Waals surface area contributed by atoms with E-state index in [1.807, 2.05) is 13.0 Å². The highest BCUT2D eigenvalue weighted by Gasteiger charge is 2.27. The quantitative estimate of drug-likeness (QED) is 0.894. The van der Waals surface area contributed by atoms with Gasteiger partial charge in [-0.25, -0.2) is 0 Å². The van der Waals surface area contributed by atoms with Crippen molar-refractivity contribution in [1.82, 2.24) is 4.90 Å². The van der Waals surface area contributed by atoms with Gasteiger partial charge in [0.1, 0.15) is 0 Å². The average molecular weight is 274 g/mol. The molecule has 1 saturated heterocycles. The largest absolute Gasteiger partial charge is 0.388 e. The molecule has 3 rings (SSSR count). The van der Waals surface area contributed by atoms with E-state index in [0.717, 1.165) is 44.1 Å². The highest BCUT2D eigenvalue weighted by molar-refractivity contribution is 5.55. The van der Waals surface area contributed by atoms with Crippen LogP contribution in [-0.4, -0.2) is 42.7 Å². The van der Waals surface area contributed by atoms with Gasteiger partial charge in [0.15, 0.2) is 0 Å². The number of aliphatic hydroxyl groups is 1. The fraction of sp³-hybridized carbons (Fsp3) is 0.647. The van der Waals surface area contributed by atoms with E-state index in [1.54, 1.807) is 0 Å². The van der Waals surface area contributed by atoms with Crippen molar-refractivity contribution >= 4 is 5.69 Å². The fourth-order valence-electron chi connectivity index (χ4n) is 3.11. The molecule has 1 aliphatic heterocycles. The van der Waals surface area contributed by atoms with Crippen molar-refractivity contribution in [1.29, 1.82) is 0 Å². The van der Waals surface area contributed by atoms with Crippen LogP contribution in [-0.2, 0) is 0 Å². The van der Waals surface area contributed by atoms with Crippen LogP contribution in [0.15, 0.2) is 24.3 Å². The Morgan fingerprint density at radius 1 is 1.15 bits per heavy atom. The molecule has 1 atom stereocenters. The summed E-state index contributed by atoms with van der Waals surface area (Å²) in [6, 6.07) is 8.34. The Labute approximate surface area is 122 Å². The van der Waals surface area contributed by atoms with Crippen molar-refractivity contribution in [2.24, 2.45) is 5.92 Å². The standard InChI is InChI=1S/C17H26N2O/c1-2-17(20)15-5-3-4-6-16(15)19-11-9-18(10-12-19)13-14-7-8-14/h3-6,14,17,20H,2,7-13H2,1H3. The van der Waals surface area contributed by atoms with Crippen LogP contribution in [0.5, 0.6) is 0 Å². The van der Waals surface area contributed by atoms with Gasteiger partial charge < -0.3 is 10.0 Å². The Kier molecular flexibility index (Phi) is 4.27. The van der Waals surface area contributed by atoms with Gasteiger partial charge in [0.2, 0.25) is 0 Å². The third kappa shape index (κ3) is 3.15. The van der Waals surface area contributed by atoms with Crippen LogP contribution in [0.4, 0.5) is 5.69 Å². The summed E-state index contributed by atoms with van der Waals surface area (Å²) in [7, 11) is 0. The molecule has 1 N–H and O–H groups in total. The Bertz CT molecular complexity index is 436. The number of anilines is 1. The van der Waals surface area contributed by atoms with E-state index in [4.69, 9.17) is 0 Å². The Balaban J connectivity index is 1.64. The number of benzene rings is 1. The first-order valence-corrected chi connectivity index (χ1v) is 8.02. The number of hydrogen-bond donors (Lipinski definition) is 1. The minimum Gasteiger partial charge on any atom is -0.388 e. The van der Waals surface area contributed by atoms with Crippen molar-refractivity contribution < 1.29 is 5.11 Å². The van der Waals surface area contributed by atoms with E-state index in [-0.39, 0.29) is 6.10 Å². The second-order valence-electron chi connectivity index (χ2n) is 6.21. The van der Waals surface area contributed by atoms with Gasteiger partial charge in [0.05, 0.1) is 6.10 Å². The van der Waals surface area contributed by atoms with Crippen molar-refractivity contribution in [3.63, 3.8) is 0 Å². The summed E-state index contributed by atoms with van der Waals surface area (Å²) in [4.78, 5) is 5.05. The number of rotatable bonds is 5. The zero-order valence-corrected chi connectivity index (χ0v) is 12.5. The number of para-hydroxylation sites is 1. The molecule has 110 valence electrons. The molecule has 0 spiro atoms. The van der Waals surface area contributed by atoms with Crippen LogP contribution < -0.4 is 4.90 Å². The molecule has 1 aliphatic carbocycles. The molecule has 1 unspecified atom stereocenters. The van der Waals surface area contributed by atoms with Crippen LogP contribution in [0, 0.1) is 5.92 Å². The average Bonchev–Trinajstić information content (AvgIpc) is 3.31. The predicted octanol–water partition coefficient (Wildman–Crippen LogP) is 2.66. The summed E-state index contributed by atoms with van der Waals surface area (Å²) in [6.07, 6.45) is 3.31. The molecule has 1 saturated carbocycles. The minimum absolute atomic E-state index is 0.337. The summed E-state index contributed by atoms with van der Waals surface area (Å²) >= 11 is 0. The highest BCUT2D eigenvalue weighted by atomic mass is 16.3. The first-order chi connectivity index (χ1) is 9.78. The molecule has 2 aliphatic rings. The van der Waals surface area contributed by atoms with Gasteiger partial charge in [-0.15, -0.1) is 0 Å². The van der Waals surface area contributed by atoms with Crippen LogP contribution in [0.3, 0.4) is 0 Å². The predicted molar refractivity (Wildman–Crippen MR) is 83.1 cm³/mol. The zero-order valence-electron chi connectivity index (χ0n) is 12.5. The summed E-state index contributed by atoms with van der Waals surface area (Å²) in [5.74, 6) is 0.982. The Hall–Kier alpha value is -1.06. The lowest BCUT2D eigenvalue weighted by Gasteiger charge is -2.37. The lowest BCUT2D eigenvalue weighted by atomic mass is 10.0. The maximum absolute atomic E-state index is 10.2. The number of aliphatic hydroxyl groups excluding tert-OH is 1. The third-order valence-electron chi connectivity index (χ3n) is 4.61.